The lowest BCUT2D eigenvalue weighted by atomic mass is 10.1. The van der Waals surface area contributed by atoms with Gasteiger partial charge in [0.15, 0.2) is 0 Å². The fraction of sp³-hybridized carbons (Fsp3) is 0.385. The van der Waals surface area contributed by atoms with Crippen LogP contribution in [0.4, 0.5) is 0 Å². The van der Waals surface area contributed by atoms with Gasteiger partial charge in [0.1, 0.15) is 5.57 Å². The van der Waals surface area contributed by atoms with Gasteiger partial charge in [0.2, 0.25) is 0 Å². The van der Waals surface area contributed by atoms with Crippen LogP contribution in [0.5, 0.6) is 0 Å². The zero-order chi connectivity index (χ0) is 14.0. The standard InChI is InChI=1S/C13H19NO4/c1-10(7-5-6-8-14-2)9-11(12(15)17-3)13(16)18-4/h5-7,9,14H,8H2,1-4H3/b6-5+,10-7+. The number of esters is 2. The summed E-state index contributed by atoms with van der Waals surface area (Å²) >= 11 is 0. The Labute approximate surface area is 107 Å². The van der Waals surface area contributed by atoms with Gasteiger partial charge >= 0.3 is 11.9 Å². The third kappa shape index (κ3) is 6.00. The van der Waals surface area contributed by atoms with Gasteiger partial charge in [-0.2, -0.15) is 0 Å². The highest BCUT2D eigenvalue weighted by molar-refractivity contribution is 6.14. The second kappa shape index (κ2) is 9.18. The molecule has 5 nitrogen and oxygen atoms in total. The molecule has 0 saturated carbocycles. The average Bonchev–Trinajstić information content (AvgIpc) is 2.39. The molecule has 0 aliphatic rings. The van der Waals surface area contributed by atoms with E-state index in [4.69, 9.17) is 0 Å². The van der Waals surface area contributed by atoms with E-state index in [1.807, 2.05) is 19.2 Å². The number of carbonyl (C=O) groups is 2. The maximum absolute atomic E-state index is 11.4. The molecule has 0 radical (unpaired) electrons. The molecule has 100 valence electrons. The molecule has 0 aliphatic heterocycles. The lowest BCUT2D eigenvalue weighted by Gasteiger charge is -2.03. The molecule has 1 N–H and O–H groups in total. The first-order valence-electron chi connectivity index (χ1n) is 5.43. The number of hydrogen-bond donors (Lipinski definition) is 1. The quantitative estimate of drug-likeness (QED) is 0.251. The Morgan fingerprint density at radius 2 is 1.72 bits per heavy atom. The number of carbonyl (C=O) groups excluding carboxylic acids is 2. The van der Waals surface area contributed by atoms with E-state index in [1.54, 1.807) is 13.0 Å². The molecule has 0 aromatic carbocycles. The monoisotopic (exact) mass is 253 g/mol. The summed E-state index contributed by atoms with van der Waals surface area (Å²) in [5, 5.41) is 2.96. The summed E-state index contributed by atoms with van der Waals surface area (Å²) in [6.45, 7) is 2.52. The molecule has 0 unspecified atom stereocenters. The Morgan fingerprint density at radius 3 is 2.17 bits per heavy atom. The van der Waals surface area contributed by atoms with E-state index in [2.05, 4.69) is 14.8 Å². The number of rotatable bonds is 6. The predicted octanol–water partition coefficient (Wildman–Crippen LogP) is 0.981. The number of allylic oxidation sites excluding steroid dienone is 4. The van der Waals surface area contributed by atoms with Crippen LogP contribution in [0.2, 0.25) is 0 Å². The molecular formula is C13H19NO4. The minimum absolute atomic E-state index is 0.129. The minimum Gasteiger partial charge on any atom is -0.465 e. The van der Waals surface area contributed by atoms with E-state index >= 15 is 0 Å². The lowest BCUT2D eigenvalue weighted by Crippen LogP contribution is -2.15. The predicted molar refractivity (Wildman–Crippen MR) is 68.9 cm³/mol. The molecular weight excluding hydrogens is 234 g/mol. The van der Waals surface area contributed by atoms with Crippen molar-refractivity contribution < 1.29 is 19.1 Å². The van der Waals surface area contributed by atoms with Crippen molar-refractivity contribution in [3.63, 3.8) is 0 Å². The zero-order valence-electron chi connectivity index (χ0n) is 11.1. The molecule has 0 amide bonds. The fourth-order valence-electron chi connectivity index (χ4n) is 1.10. The van der Waals surface area contributed by atoms with Crippen LogP contribution in [-0.2, 0) is 19.1 Å². The summed E-state index contributed by atoms with van der Waals surface area (Å²) in [5.74, 6) is -1.43. The van der Waals surface area contributed by atoms with E-state index in [1.165, 1.54) is 20.3 Å². The van der Waals surface area contributed by atoms with Gasteiger partial charge in [0.25, 0.3) is 0 Å². The van der Waals surface area contributed by atoms with Crippen molar-refractivity contribution >= 4 is 11.9 Å². The van der Waals surface area contributed by atoms with Crippen LogP contribution in [0.1, 0.15) is 6.92 Å². The fourth-order valence-corrected chi connectivity index (χ4v) is 1.10. The van der Waals surface area contributed by atoms with E-state index in [-0.39, 0.29) is 5.57 Å². The number of ether oxygens (including phenoxy) is 2. The maximum Gasteiger partial charge on any atom is 0.345 e. The van der Waals surface area contributed by atoms with Gasteiger partial charge in [-0.15, -0.1) is 0 Å². The summed E-state index contributed by atoms with van der Waals surface area (Å²) in [7, 11) is 4.27. The summed E-state index contributed by atoms with van der Waals surface area (Å²) in [6, 6.07) is 0. The van der Waals surface area contributed by atoms with Crippen LogP contribution in [0.15, 0.2) is 35.5 Å². The van der Waals surface area contributed by atoms with Crippen molar-refractivity contribution in [1.82, 2.24) is 5.32 Å². The van der Waals surface area contributed by atoms with Gasteiger partial charge in [0, 0.05) is 6.54 Å². The molecule has 0 spiro atoms. The molecule has 18 heavy (non-hydrogen) atoms. The van der Waals surface area contributed by atoms with Gasteiger partial charge in [-0.1, -0.05) is 23.8 Å². The summed E-state index contributed by atoms with van der Waals surface area (Å²) in [5.41, 5.74) is 0.615. The van der Waals surface area contributed by atoms with Gasteiger partial charge in [0.05, 0.1) is 14.2 Å². The SMILES string of the molecule is CNC/C=C/C=C(\C)C=C(C(=O)OC)C(=O)OC. The van der Waals surface area contributed by atoms with Crippen molar-refractivity contribution in [3.05, 3.63) is 35.5 Å². The Kier molecular flexibility index (Phi) is 8.22. The number of methoxy groups -OCH3 is 2. The third-order valence-electron chi connectivity index (χ3n) is 2.00. The normalized spacial score (nSPS) is 11.2. The smallest absolute Gasteiger partial charge is 0.345 e. The Morgan fingerprint density at radius 1 is 1.17 bits per heavy atom. The summed E-state index contributed by atoms with van der Waals surface area (Å²) in [4.78, 5) is 22.8. The van der Waals surface area contributed by atoms with Crippen LogP contribution in [0.3, 0.4) is 0 Å². The minimum atomic E-state index is -0.714. The van der Waals surface area contributed by atoms with E-state index in [0.717, 1.165) is 12.1 Å². The molecule has 0 rings (SSSR count). The highest BCUT2D eigenvalue weighted by atomic mass is 16.5. The van der Waals surface area contributed by atoms with Crippen LogP contribution in [0, 0.1) is 0 Å². The van der Waals surface area contributed by atoms with E-state index in [9.17, 15) is 9.59 Å². The van der Waals surface area contributed by atoms with Gasteiger partial charge < -0.3 is 14.8 Å². The molecule has 0 atom stereocenters. The first-order valence-corrected chi connectivity index (χ1v) is 5.43. The summed E-state index contributed by atoms with van der Waals surface area (Å²) < 4.78 is 9.03. The Bertz CT molecular complexity index is 362. The second-order valence-electron chi connectivity index (χ2n) is 3.44. The Balaban J connectivity index is 4.94. The van der Waals surface area contributed by atoms with Crippen LogP contribution < -0.4 is 5.32 Å². The number of hydrogen-bond acceptors (Lipinski definition) is 5. The lowest BCUT2D eigenvalue weighted by molar-refractivity contribution is -0.144. The van der Waals surface area contributed by atoms with Gasteiger partial charge in [-0.05, 0) is 20.0 Å². The van der Waals surface area contributed by atoms with Gasteiger partial charge in [-0.3, -0.25) is 0 Å². The maximum atomic E-state index is 11.4. The van der Waals surface area contributed by atoms with E-state index in [0.29, 0.717) is 0 Å². The molecule has 0 aromatic heterocycles. The first-order chi connectivity index (χ1) is 8.56. The molecule has 0 aromatic rings. The van der Waals surface area contributed by atoms with Crippen molar-refractivity contribution in [2.45, 2.75) is 6.92 Å². The second-order valence-corrected chi connectivity index (χ2v) is 3.44. The molecule has 0 heterocycles. The molecule has 0 aliphatic carbocycles. The number of likely N-dealkylation sites (N-methyl/N-ethyl adjacent to an activating group) is 1. The molecule has 0 fully saturated rings. The highest BCUT2D eigenvalue weighted by Crippen LogP contribution is 2.06. The van der Waals surface area contributed by atoms with E-state index < -0.39 is 11.9 Å². The zero-order valence-corrected chi connectivity index (χ0v) is 11.1. The molecule has 0 bridgehead atoms. The third-order valence-corrected chi connectivity index (χ3v) is 2.00. The van der Waals surface area contributed by atoms with Crippen LogP contribution >= 0.6 is 0 Å². The Hall–Kier alpha value is -1.88. The van der Waals surface area contributed by atoms with Crippen molar-refractivity contribution in [2.75, 3.05) is 27.8 Å². The van der Waals surface area contributed by atoms with Crippen molar-refractivity contribution in [1.29, 1.82) is 0 Å². The summed E-state index contributed by atoms with van der Waals surface area (Å²) in [6.07, 6.45) is 6.95. The van der Waals surface area contributed by atoms with Crippen molar-refractivity contribution in [3.8, 4) is 0 Å². The average molecular weight is 253 g/mol. The largest absolute Gasteiger partial charge is 0.465 e. The number of nitrogens with one attached hydrogen (secondary N) is 1. The van der Waals surface area contributed by atoms with Crippen LogP contribution in [-0.4, -0.2) is 39.8 Å². The topological polar surface area (TPSA) is 64.6 Å². The first kappa shape index (κ1) is 16.1. The highest BCUT2D eigenvalue weighted by Gasteiger charge is 2.19. The van der Waals surface area contributed by atoms with Gasteiger partial charge in [-0.25, -0.2) is 9.59 Å². The molecule has 5 heteroatoms. The van der Waals surface area contributed by atoms with Crippen LogP contribution in [0.25, 0.3) is 0 Å². The van der Waals surface area contributed by atoms with Crippen molar-refractivity contribution in [2.24, 2.45) is 0 Å². The molecule has 0 saturated heterocycles.